The van der Waals surface area contributed by atoms with E-state index in [2.05, 4.69) is 17.4 Å². The molecule has 7 heteroatoms. The smallest absolute Gasteiger partial charge is 0.243 e. The second kappa shape index (κ2) is 13.9. The molecular formula is C30H32Cl2N2O2S. The van der Waals surface area contributed by atoms with Gasteiger partial charge in [-0.1, -0.05) is 103 Å². The molecule has 1 fully saturated rings. The van der Waals surface area contributed by atoms with E-state index in [1.165, 1.54) is 0 Å². The maximum Gasteiger partial charge on any atom is 0.243 e. The number of amides is 2. The van der Waals surface area contributed by atoms with Gasteiger partial charge in [-0.05, 0) is 41.7 Å². The van der Waals surface area contributed by atoms with Gasteiger partial charge < -0.3 is 10.2 Å². The maximum atomic E-state index is 13.7. The number of nitrogens with zero attached hydrogens (tertiary/aromatic N) is 1. The van der Waals surface area contributed by atoms with Crippen molar-refractivity contribution in [3.8, 4) is 0 Å². The lowest BCUT2D eigenvalue weighted by Crippen LogP contribution is -2.52. The van der Waals surface area contributed by atoms with Crippen LogP contribution in [0.2, 0.25) is 10.0 Å². The van der Waals surface area contributed by atoms with E-state index in [4.69, 9.17) is 23.2 Å². The molecule has 3 aromatic rings. The highest BCUT2D eigenvalue weighted by molar-refractivity contribution is 7.99. The van der Waals surface area contributed by atoms with Gasteiger partial charge in [0.2, 0.25) is 11.8 Å². The highest BCUT2D eigenvalue weighted by atomic mass is 35.5. The van der Waals surface area contributed by atoms with Crippen LogP contribution in [-0.2, 0) is 28.3 Å². The zero-order valence-electron chi connectivity index (χ0n) is 20.7. The Kier molecular flexibility index (Phi) is 10.4. The van der Waals surface area contributed by atoms with E-state index in [9.17, 15) is 9.59 Å². The summed E-state index contributed by atoms with van der Waals surface area (Å²) in [5.74, 6) is 0.790. The van der Waals surface area contributed by atoms with Crippen LogP contribution in [-0.4, -0.2) is 34.6 Å². The van der Waals surface area contributed by atoms with E-state index in [-0.39, 0.29) is 30.2 Å². The van der Waals surface area contributed by atoms with Gasteiger partial charge in [-0.25, -0.2) is 0 Å². The molecule has 1 aliphatic rings. The molecule has 0 spiro atoms. The van der Waals surface area contributed by atoms with Gasteiger partial charge in [0.25, 0.3) is 0 Å². The fourth-order valence-electron chi connectivity index (χ4n) is 4.67. The number of rotatable bonds is 11. The predicted octanol–water partition coefficient (Wildman–Crippen LogP) is 6.93. The average Bonchev–Trinajstić information content (AvgIpc) is 3.41. The van der Waals surface area contributed by atoms with Crippen LogP contribution >= 0.6 is 35.0 Å². The van der Waals surface area contributed by atoms with Crippen LogP contribution in [0.15, 0.2) is 78.9 Å². The van der Waals surface area contributed by atoms with Crippen LogP contribution < -0.4 is 5.32 Å². The van der Waals surface area contributed by atoms with Crippen molar-refractivity contribution in [1.29, 1.82) is 0 Å². The number of benzene rings is 3. The fourth-order valence-corrected chi connectivity index (χ4v) is 6.01. The summed E-state index contributed by atoms with van der Waals surface area (Å²) in [7, 11) is 0. The second-order valence-corrected chi connectivity index (χ2v) is 11.3. The first-order chi connectivity index (χ1) is 18.0. The number of carbonyl (C=O) groups excluding carboxylic acids is 2. The standard InChI is InChI=1S/C30H32Cl2N2O2S/c31-25-16-15-24(27(32)18-25)19-34(29(35)21-37-20-23-11-5-2-6-12-23)28(17-22-9-3-1-4-10-22)30(36)33-26-13-7-8-14-26/h1-6,9-12,15-16,18,26,28H,7-8,13-14,17,19-21H2,(H,33,36)/t28-/m1/s1. The van der Waals surface area contributed by atoms with Crippen molar-refractivity contribution in [2.45, 2.75) is 56.5 Å². The Morgan fingerprint density at radius 3 is 2.22 bits per heavy atom. The van der Waals surface area contributed by atoms with E-state index in [0.717, 1.165) is 48.1 Å². The molecule has 0 heterocycles. The Morgan fingerprint density at radius 2 is 1.57 bits per heavy atom. The van der Waals surface area contributed by atoms with Gasteiger partial charge in [0.1, 0.15) is 6.04 Å². The molecule has 0 radical (unpaired) electrons. The Balaban J connectivity index is 1.59. The first-order valence-corrected chi connectivity index (χ1v) is 14.6. The second-order valence-electron chi connectivity index (χ2n) is 9.43. The first kappa shape index (κ1) is 27.6. The first-order valence-electron chi connectivity index (χ1n) is 12.7. The lowest BCUT2D eigenvalue weighted by Gasteiger charge is -2.32. The highest BCUT2D eigenvalue weighted by Crippen LogP contribution is 2.25. The molecule has 4 nitrogen and oxygen atoms in total. The van der Waals surface area contributed by atoms with Gasteiger partial charge in [-0.3, -0.25) is 9.59 Å². The van der Waals surface area contributed by atoms with Crippen LogP contribution in [0.1, 0.15) is 42.4 Å². The fraction of sp³-hybridized carbons (Fsp3) is 0.333. The number of hydrogen-bond acceptors (Lipinski definition) is 3. The van der Waals surface area contributed by atoms with Gasteiger partial charge in [0.15, 0.2) is 0 Å². The molecule has 1 atom stereocenters. The molecule has 0 aromatic heterocycles. The monoisotopic (exact) mass is 554 g/mol. The molecule has 0 saturated heterocycles. The number of halogens is 2. The highest BCUT2D eigenvalue weighted by Gasteiger charge is 2.32. The van der Waals surface area contributed by atoms with Gasteiger partial charge >= 0.3 is 0 Å². The van der Waals surface area contributed by atoms with Crippen molar-refractivity contribution in [3.63, 3.8) is 0 Å². The van der Waals surface area contributed by atoms with Crippen molar-refractivity contribution < 1.29 is 9.59 Å². The molecule has 0 aliphatic heterocycles. The largest absolute Gasteiger partial charge is 0.352 e. The number of hydrogen-bond donors (Lipinski definition) is 1. The van der Waals surface area contributed by atoms with E-state index in [0.29, 0.717) is 16.5 Å². The van der Waals surface area contributed by atoms with Crippen LogP contribution in [0.25, 0.3) is 0 Å². The molecule has 1 saturated carbocycles. The van der Waals surface area contributed by atoms with Gasteiger partial charge in [-0.15, -0.1) is 11.8 Å². The van der Waals surface area contributed by atoms with Crippen molar-refractivity contribution in [2.24, 2.45) is 0 Å². The third-order valence-corrected chi connectivity index (χ3v) is 8.24. The molecule has 1 N–H and O–H groups in total. The summed E-state index contributed by atoms with van der Waals surface area (Å²) in [6, 6.07) is 24.7. The van der Waals surface area contributed by atoms with Crippen molar-refractivity contribution in [1.82, 2.24) is 10.2 Å². The molecule has 37 heavy (non-hydrogen) atoms. The Bertz CT molecular complexity index is 1170. The molecular weight excluding hydrogens is 523 g/mol. The minimum Gasteiger partial charge on any atom is -0.352 e. The minimum atomic E-state index is -0.653. The van der Waals surface area contributed by atoms with Crippen molar-refractivity contribution >= 4 is 46.8 Å². The molecule has 0 bridgehead atoms. The van der Waals surface area contributed by atoms with E-state index in [1.54, 1.807) is 28.8 Å². The van der Waals surface area contributed by atoms with Crippen molar-refractivity contribution in [3.05, 3.63) is 106 Å². The van der Waals surface area contributed by atoms with Crippen LogP contribution in [0, 0.1) is 0 Å². The van der Waals surface area contributed by atoms with E-state index < -0.39 is 6.04 Å². The van der Waals surface area contributed by atoms with Crippen molar-refractivity contribution in [2.75, 3.05) is 5.75 Å². The summed E-state index contributed by atoms with van der Waals surface area (Å²) >= 11 is 14.2. The van der Waals surface area contributed by atoms with E-state index in [1.807, 2.05) is 54.6 Å². The molecule has 4 rings (SSSR count). The summed E-state index contributed by atoms with van der Waals surface area (Å²) in [5, 5.41) is 4.25. The molecule has 2 amide bonds. The van der Waals surface area contributed by atoms with E-state index >= 15 is 0 Å². The summed E-state index contributed by atoms with van der Waals surface area (Å²) in [6.07, 6.45) is 4.63. The average molecular weight is 556 g/mol. The number of carbonyl (C=O) groups is 2. The van der Waals surface area contributed by atoms with Gasteiger partial charge in [0, 0.05) is 34.8 Å². The number of thioether (sulfide) groups is 1. The lowest BCUT2D eigenvalue weighted by molar-refractivity contribution is -0.139. The maximum absolute atomic E-state index is 13.7. The summed E-state index contributed by atoms with van der Waals surface area (Å²) < 4.78 is 0. The molecule has 0 unspecified atom stereocenters. The third-order valence-electron chi connectivity index (χ3n) is 6.67. The quantitative estimate of drug-likeness (QED) is 0.279. The van der Waals surface area contributed by atoms with Crippen LogP contribution in [0.5, 0.6) is 0 Å². The summed E-state index contributed by atoms with van der Waals surface area (Å²) in [6.45, 7) is 0.232. The molecule has 3 aromatic carbocycles. The Labute approximate surface area is 233 Å². The summed E-state index contributed by atoms with van der Waals surface area (Å²) in [4.78, 5) is 29.2. The molecule has 194 valence electrons. The van der Waals surface area contributed by atoms with Crippen LogP contribution in [0.4, 0.5) is 0 Å². The zero-order valence-corrected chi connectivity index (χ0v) is 23.1. The minimum absolute atomic E-state index is 0.0885. The normalized spacial score (nSPS) is 14.3. The van der Waals surface area contributed by atoms with Crippen LogP contribution in [0.3, 0.4) is 0 Å². The molecule has 1 aliphatic carbocycles. The topological polar surface area (TPSA) is 49.4 Å². The Morgan fingerprint density at radius 1 is 0.919 bits per heavy atom. The summed E-state index contributed by atoms with van der Waals surface area (Å²) in [5.41, 5.74) is 2.93. The SMILES string of the molecule is O=C(NC1CCCC1)[C@@H](Cc1ccccc1)N(Cc1ccc(Cl)cc1Cl)C(=O)CSCc1ccccc1. The van der Waals surface area contributed by atoms with Gasteiger partial charge in [0.05, 0.1) is 5.75 Å². The Hall–Kier alpha value is -2.47. The zero-order chi connectivity index (χ0) is 26.0. The third kappa shape index (κ3) is 8.26. The lowest BCUT2D eigenvalue weighted by atomic mass is 10.0. The van der Waals surface area contributed by atoms with Gasteiger partial charge in [-0.2, -0.15) is 0 Å². The predicted molar refractivity (Wildman–Crippen MR) is 154 cm³/mol. The number of nitrogens with one attached hydrogen (secondary N) is 1.